The zero-order valence-corrected chi connectivity index (χ0v) is 10.7. The number of likely N-dealkylation sites (tertiary alicyclic amines) is 1. The lowest BCUT2D eigenvalue weighted by molar-refractivity contribution is 0.173. The Balaban J connectivity index is 1.69. The van der Waals surface area contributed by atoms with Gasteiger partial charge in [-0.05, 0) is 18.9 Å². The lowest BCUT2D eigenvalue weighted by atomic mass is 10.2. The zero-order chi connectivity index (χ0) is 12.8. The van der Waals surface area contributed by atoms with Gasteiger partial charge in [-0.3, -0.25) is 0 Å². The van der Waals surface area contributed by atoms with E-state index < -0.39 is 0 Å². The average molecular weight is 250 g/mol. The third-order valence-electron chi connectivity index (χ3n) is 3.32. The van der Waals surface area contributed by atoms with Crippen LogP contribution in [0.4, 0.5) is 0 Å². The molecule has 1 saturated heterocycles. The van der Waals surface area contributed by atoms with Gasteiger partial charge in [0, 0.05) is 31.7 Å². The van der Waals surface area contributed by atoms with Crippen molar-refractivity contribution in [3.8, 4) is 5.75 Å². The third-order valence-corrected chi connectivity index (χ3v) is 3.32. The molecule has 100 valence electrons. The summed E-state index contributed by atoms with van der Waals surface area (Å²) in [5.41, 5.74) is 6.70. The van der Waals surface area contributed by atoms with E-state index in [1.54, 1.807) is 0 Å². The number of benzene rings is 1. The average Bonchev–Trinajstić information content (AvgIpc) is 2.81. The van der Waals surface area contributed by atoms with Crippen molar-refractivity contribution >= 4 is 0 Å². The lowest BCUT2D eigenvalue weighted by Gasteiger charge is -2.15. The summed E-state index contributed by atoms with van der Waals surface area (Å²) in [6, 6.07) is 7.89. The summed E-state index contributed by atoms with van der Waals surface area (Å²) in [4.78, 5) is 2.28. The molecule has 3 N–H and O–H groups in total. The first-order valence-electron chi connectivity index (χ1n) is 6.61. The number of aliphatic hydroxyl groups is 1. The zero-order valence-electron chi connectivity index (χ0n) is 10.7. The Bertz CT molecular complexity index is 371. The van der Waals surface area contributed by atoms with E-state index in [4.69, 9.17) is 10.5 Å². The molecule has 1 unspecified atom stereocenters. The van der Waals surface area contributed by atoms with E-state index in [1.165, 1.54) is 0 Å². The van der Waals surface area contributed by atoms with Crippen molar-refractivity contribution in [1.82, 2.24) is 4.90 Å². The van der Waals surface area contributed by atoms with Crippen LogP contribution in [-0.4, -0.2) is 42.4 Å². The standard InChI is InChI=1S/C14H22N2O2/c15-10-12-4-1-2-5-14(12)18-9-3-7-16-8-6-13(17)11-16/h1-2,4-5,13,17H,3,6-11,15H2. The second-order valence-corrected chi connectivity index (χ2v) is 4.76. The Morgan fingerprint density at radius 1 is 1.39 bits per heavy atom. The summed E-state index contributed by atoms with van der Waals surface area (Å²) in [6.45, 7) is 4.00. The number of ether oxygens (including phenoxy) is 1. The molecule has 2 rings (SSSR count). The summed E-state index contributed by atoms with van der Waals surface area (Å²) in [5.74, 6) is 0.890. The fourth-order valence-electron chi connectivity index (χ4n) is 2.30. The fraction of sp³-hybridized carbons (Fsp3) is 0.571. The van der Waals surface area contributed by atoms with Crippen molar-refractivity contribution in [2.45, 2.75) is 25.5 Å². The van der Waals surface area contributed by atoms with Gasteiger partial charge in [0.25, 0.3) is 0 Å². The van der Waals surface area contributed by atoms with Gasteiger partial charge in [-0.1, -0.05) is 18.2 Å². The summed E-state index contributed by atoms with van der Waals surface area (Å²) in [6.07, 6.45) is 1.74. The monoisotopic (exact) mass is 250 g/mol. The molecular weight excluding hydrogens is 228 g/mol. The SMILES string of the molecule is NCc1ccccc1OCCCN1CCC(O)C1. The van der Waals surface area contributed by atoms with Gasteiger partial charge in [0.15, 0.2) is 0 Å². The molecule has 0 bridgehead atoms. The number of aliphatic hydroxyl groups excluding tert-OH is 1. The van der Waals surface area contributed by atoms with Crippen LogP contribution in [-0.2, 0) is 6.54 Å². The molecule has 1 heterocycles. The molecule has 0 aromatic heterocycles. The van der Waals surface area contributed by atoms with Crippen LogP contribution in [0.15, 0.2) is 24.3 Å². The number of hydrogen-bond donors (Lipinski definition) is 2. The molecule has 1 aromatic rings. The van der Waals surface area contributed by atoms with E-state index in [0.717, 1.165) is 43.8 Å². The van der Waals surface area contributed by atoms with Crippen molar-refractivity contribution in [3.63, 3.8) is 0 Å². The molecule has 1 fully saturated rings. The van der Waals surface area contributed by atoms with E-state index in [0.29, 0.717) is 13.2 Å². The maximum Gasteiger partial charge on any atom is 0.123 e. The van der Waals surface area contributed by atoms with Crippen molar-refractivity contribution in [2.75, 3.05) is 26.2 Å². The minimum absolute atomic E-state index is 0.135. The van der Waals surface area contributed by atoms with E-state index in [9.17, 15) is 5.11 Å². The molecule has 1 aliphatic rings. The molecule has 0 radical (unpaired) electrons. The minimum Gasteiger partial charge on any atom is -0.493 e. The van der Waals surface area contributed by atoms with Crippen LogP contribution in [0.3, 0.4) is 0 Å². The van der Waals surface area contributed by atoms with E-state index in [2.05, 4.69) is 4.90 Å². The van der Waals surface area contributed by atoms with Gasteiger partial charge in [0.2, 0.25) is 0 Å². The number of nitrogens with two attached hydrogens (primary N) is 1. The summed E-state index contributed by atoms with van der Waals surface area (Å²) >= 11 is 0. The van der Waals surface area contributed by atoms with Crippen LogP contribution in [0.1, 0.15) is 18.4 Å². The van der Waals surface area contributed by atoms with Crippen molar-refractivity contribution in [3.05, 3.63) is 29.8 Å². The predicted octanol–water partition coefficient (Wildman–Crippen LogP) is 0.981. The smallest absolute Gasteiger partial charge is 0.123 e. The summed E-state index contributed by atoms with van der Waals surface area (Å²) in [5, 5.41) is 9.42. The second-order valence-electron chi connectivity index (χ2n) is 4.76. The fourth-order valence-corrected chi connectivity index (χ4v) is 2.30. The molecule has 0 saturated carbocycles. The molecule has 4 nitrogen and oxygen atoms in total. The first-order chi connectivity index (χ1) is 8.79. The van der Waals surface area contributed by atoms with Crippen molar-refractivity contribution in [2.24, 2.45) is 5.73 Å². The van der Waals surface area contributed by atoms with Crippen LogP contribution in [0, 0.1) is 0 Å². The Morgan fingerprint density at radius 3 is 2.94 bits per heavy atom. The number of hydrogen-bond acceptors (Lipinski definition) is 4. The van der Waals surface area contributed by atoms with E-state index in [1.807, 2.05) is 24.3 Å². The van der Waals surface area contributed by atoms with Crippen molar-refractivity contribution < 1.29 is 9.84 Å². The topological polar surface area (TPSA) is 58.7 Å². The Hall–Kier alpha value is -1.10. The highest BCUT2D eigenvalue weighted by molar-refractivity contribution is 5.32. The lowest BCUT2D eigenvalue weighted by Crippen LogP contribution is -2.24. The van der Waals surface area contributed by atoms with Gasteiger partial charge >= 0.3 is 0 Å². The van der Waals surface area contributed by atoms with Gasteiger partial charge in [-0.25, -0.2) is 0 Å². The Morgan fingerprint density at radius 2 is 2.22 bits per heavy atom. The summed E-state index contributed by atoms with van der Waals surface area (Å²) in [7, 11) is 0. The highest BCUT2D eigenvalue weighted by Gasteiger charge is 2.19. The molecule has 0 spiro atoms. The molecule has 0 amide bonds. The van der Waals surface area contributed by atoms with Gasteiger partial charge in [0.1, 0.15) is 5.75 Å². The number of nitrogens with zero attached hydrogens (tertiary/aromatic N) is 1. The molecule has 1 atom stereocenters. The van der Waals surface area contributed by atoms with Gasteiger partial charge < -0.3 is 20.5 Å². The molecule has 18 heavy (non-hydrogen) atoms. The molecule has 0 aliphatic carbocycles. The van der Waals surface area contributed by atoms with Gasteiger partial charge in [-0.2, -0.15) is 0 Å². The van der Waals surface area contributed by atoms with E-state index >= 15 is 0 Å². The Kier molecular flexibility index (Phi) is 4.99. The highest BCUT2D eigenvalue weighted by atomic mass is 16.5. The van der Waals surface area contributed by atoms with Crippen LogP contribution in [0.2, 0.25) is 0 Å². The summed E-state index contributed by atoms with van der Waals surface area (Å²) < 4.78 is 5.75. The normalized spacial score (nSPS) is 20.2. The number of para-hydroxylation sites is 1. The largest absolute Gasteiger partial charge is 0.493 e. The first kappa shape index (κ1) is 13.3. The van der Waals surface area contributed by atoms with Crippen LogP contribution >= 0.6 is 0 Å². The van der Waals surface area contributed by atoms with Crippen LogP contribution in [0.25, 0.3) is 0 Å². The molecule has 4 heteroatoms. The van der Waals surface area contributed by atoms with Crippen molar-refractivity contribution in [1.29, 1.82) is 0 Å². The van der Waals surface area contributed by atoms with Gasteiger partial charge in [0.05, 0.1) is 12.7 Å². The predicted molar refractivity (Wildman–Crippen MR) is 71.5 cm³/mol. The minimum atomic E-state index is -0.135. The molecule has 1 aromatic carbocycles. The first-order valence-corrected chi connectivity index (χ1v) is 6.61. The second kappa shape index (κ2) is 6.73. The molecule has 1 aliphatic heterocycles. The maximum absolute atomic E-state index is 9.42. The van der Waals surface area contributed by atoms with E-state index in [-0.39, 0.29) is 6.10 Å². The van der Waals surface area contributed by atoms with Crippen LogP contribution in [0.5, 0.6) is 5.75 Å². The quantitative estimate of drug-likeness (QED) is 0.739. The maximum atomic E-state index is 9.42. The Labute approximate surface area is 108 Å². The highest BCUT2D eigenvalue weighted by Crippen LogP contribution is 2.17. The third kappa shape index (κ3) is 3.70. The number of β-amino-alcohol motifs (C(OH)–C–C–N with tert-alkyl or cyclic N) is 1. The van der Waals surface area contributed by atoms with Crippen LogP contribution < -0.4 is 10.5 Å². The molecular formula is C14H22N2O2. The van der Waals surface area contributed by atoms with Gasteiger partial charge in [-0.15, -0.1) is 0 Å². The number of rotatable bonds is 6.